The fraction of sp³-hybridized carbons (Fsp3) is 0.261. The first-order chi connectivity index (χ1) is 15.2. The van der Waals surface area contributed by atoms with Crippen molar-refractivity contribution in [1.29, 1.82) is 0 Å². The van der Waals surface area contributed by atoms with Crippen molar-refractivity contribution in [3.05, 3.63) is 78.4 Å². The van der Waals surface area contributed by atoms with Gasteiger partial charge in [-0.1, -0.05) is 18.2 Å². The molecule has 0 amide bonds. The van der Waals surface area contributed by atoms with Crippen LogP contribution in [0.25, 0.3) is 16.7 Å². The summed E-state index contributed by atoms with van der Waals surface area (Å²) >= 11 is 0. The van der Waals surface area contributed by atoms with Crippen molar-refractivity contribution in [3.63, 3.8) is 0 Å². The van der Waals surface area contributed by atoms with Gasteiger partial charge in [0.25, 0.3) is 0 Å². The number of aliphatic imine (C=N–C) groups is 1. The van der Waals surface area contributed by atoms with E-state index in [0.717, 1.165) is 41.9 Å². The van der Waals surface area contributed by atoms with Crippen LogP contribution in [0.1, 0.15) is 17.8 Å². The Labute approximate surface area is 180 Å². The monoisotopic (exact) mass is 419 g/mol. The maximum Gasteiger partial charge on any atom is 0.191 e. The van der Waals surface area contributed by atoms with Gasteiger partial charge in [-0.25, -0.2) is 14.4 Å². The van der Waals surface area contributed by atoms with Gasteiger partial charge >= 0.3 is 0 Å². The molecular formula is C23H26FN7. The predicted molar refractivity (Wildman–Crippen MR) is 121 cm³/mol. The topological polar surface area (TPSA) is 72.1 Å². The summed E-state index contributed by atoms with van der Waals surface area (Å²) in [6.45, 7) is 4.15. The van der Waals surface area contributed by atoms with Crippen LogP contribution >= 0.6 is 0 Å². The molecule has 0 spiro atoms. The molecule has 31 heavy (non-hydrogen) atoms. The van der Waals surface area contributed by atoms with E-state index in [9.17, 15) is 4.39 Å². The maximum atomic E-state index is 14.4. The van der Waals surface area contributed by atoms with Crippen molar-refractivity contribution < 1.29 is 4.39 Å². The molecule has 0 aliphatic heterocycles. The van der Waals surface area contributed by atoms with Crippen LogP contribution in [-0.2, 0) is 13.1 Å². The van der Waals surface area contributed by atoms with E-state index in [0.29, 0.717) is 18.2 Å². The number of nitrogens with one attached hydrogen (secondary N) is 2. The molecule has 0 aliphatic carbocycles. The molecule has 2 N–H and O–H groups in total. The van der Waals surface area contributed by atoms with Crippen LogP contribution in [0.3, 0.4) is 0 Å². The molecule has 160 valence electrons. The highest BCUT2D eigenvalue weighted by molar-refractivity contribution is 5.79. The van der Waals surface area contributed by atoms with E-state index >= 15 is 0 Å². The Hall–Kier alpha value is -3.68. The summed E-state index contributed by atoms with van der Waals surface area (Å²) in [6, 6.07) is 13.4. The Morgan fingerprint density at radius 3 is 2.81 bits per heavy atom. The van der Waals surface area contributed by atoms with E-state index in [1.165, 1.54) is 6.07 Å². The van der Waals surface area contributed by atoms with Gasteiger partial charge in [0.15, 0.2) is 5.96 Å². The number of hydrogen-bond donors (Lipinski definition) is 2. The van der Waals surface area contributed by atoms with Gasteiger partial charge in [-0.2, -0.15) is 0 Å². The lowest BCUT2D eigenvalue weighted by Gasteiger charge is -2.13. The number of imidazole rings is 2. The second-order valence-electron chi connectivity index (χ2n) is 7.26. The number of para-hydroxylation sites is 2. The summed E-state index contributed by atoms with van der Waals surface area (Å²) in [5.41, 5.74) is 3.50. The van der Waals surface area contributed by atoms with E-state index in [4.69, 9.17) is 0 Å². The minimum absolute atomic E-state index is 0.289. The first kappa shape index (κ1) is 20.6. The molecule has 0 atom stereocenters. The molecule has 2 aromatic carbocycles. The van der Waals surface area contributed by atoms with E-state index < -0.39 is 0 Å². The molecular weight excluding hydrogens is 393 g/mol. The van der Waals surface area contributed by atoms with Crippen molar-refractivity contribution in [2.75, 3.05) is 13.6 Å². The number of fused-ring (bicyclic) bond motifs is 1. The zero-order chi connectivity index (χ0) is 21.6. The van der Waals surface area contributed by atoms with Gasteiger partial charge in [0.05, 0.1) is 23.0 Å². The Kier molecular flexibility index (Phi) is 6.26. The highest BCUT2D eigenvalue weighted by atomic mass is 19.1. The second-order valence-corrected chi connectivity index (χ2v) is 7.26. The third kappa shape index (κ3) is 4.74. The molecule has 0 aliphatic rings. The van der Waals surface area contributed by atoms with Gasteiger partial charge in [0, 0.05) is 39.1 Å². The van der Waals surface area contributed by atoms with Gasteiger partial charge in [-0.15, -0.1) is 0 Å². The Morgan fingerprint density at radius 1 is 1.16 bits per heavy atom. The number of rotatable bonds is 7. The summed E-state index contributed by atoms with van der Waals surface area (Å²) in [5.74, 6) is 1.42. The number of aromatic nitrogens is 4. The first-order valence-electron chi connectivity index (χ1n) is 10.3. The van der Waals surface area contributed by atoms with Crippen LogP contribution in [0, 0.1) is 12.7 Å². The Balaban J connectivity index is 1.27. The smallest absolute Gasteiger partial charge is 0.191 e. The molecule has 0 radical (unpaired) electrons. The summed E-state index contributed by atoms with van der Waals surface area (Å²) in [4.78, 5) is 12.8. The van der Waals surface area contributed by atoms with Crippen molar-refractivity contribution in [2.24, 2.45) is 4.99 Å². The van der Waals surface area contributed by atoms with Crippen molar-refractivity contribution in [2.45, 2.75) is 26.4 Å². The molecule has 2 aromatic heterocycles. The second kappa shape index (κ2) is 9.42. The number of guanidine groups is 1. The largest absolute Gasteiger partial charge is 0.356 e. The predicted octanol–water partition coefficient (Wildman–Crippen LogP) is 3.42. The minimum atomic E-state index is -0.289. The number of nitrogens with zero attached hydrogens (tertiary/aromatic N) is 5. The number of benzene rings is 2. The molecule has 8 heteroatoms. The lowest BCUT2D eigenvalue weighted by atomic mass is 10.2. The summed E-state index contributed by atoms with van der Waals surface area (Å²) in [7, 11) is 1.73. The highest BCUT2D eigenvalue weighted by Crippen LogP contribution is 2.16. The summed E-state index contributed by atoms with van der Waals surface area (Å²) < 4.78 is 18.3. The Bertz CT molecular complexity index is 1180. The van der Waals surface area contributed by atoms with Crippen LogP contribution in [0.15, 0.2) is 66.2 Å². The molecule has 0 saturated carbocycles. The van der Waals surface area contributed by atoms with E-state index in [-0.39, 0.29) is 5.82 Å². The van der Waals surface area contributed by atoms with Crippen LogP contribution in [0.2, 0.25) is 0 Å². The van der Waals surface area contributed by atoms with Gasteiger partial charge < -0.3 is 19.8 Å². The molecule has 2 heterocycles. The molecule has 4 aromatic rings. The number of halogens is 1. The van der Waals surface area contributed by atoms with Gasteiger partial charge in [0.1, 0.15) is 11.6 Å². The van der Waals surface area contributed by atoms with Crippen LogP contribution in [0.5, 0.6) is 0 Å². The lowest BCUT2D eigenvalue weighted by Crippen LogP contribution is -2.37. The van der Waals surface area contributed by atoms with E-state index in [2.05, 4.69) is 36.2 Å². The maximum absolute atomic E-state index is 14.4. The third-order valence-corrected chi connectivity index (χ3v) is 5.17. The van der Waals surface area contributed by atoms with Crippen LogP contribution in [0.4, 0.5) is 4.39 Å². The standard InChI is InChI=1S/C23H26FN7/c1-17-29-20-6-3-4-7-22(20)31(17)12-5-10-27-23(25-2)28-15-18-8-9-21(19(24)14-18)30-13-11-26-16-30/h3-4,6-9,11,13-14,16H,5,10,12,15H2,1-2H3,(H2,25,27,28). The minimum Gasteiger partial charge on any atom is -0.356 e. The zero-order valence-electron chi connectivity index (χ0n) is 17.7. The molecule has 0 saturated heterocycles. The van der Waals surface area contributed by atoms with Gasteiger partial charge in [0.2, 0.25) is 0 Å². The number of hydrogen-bond acceptors (Lipinski definition) is 3. The van der Waals surface area contributed by atoms with E-state index in [1.54, 1.807) is 36.4 Å². The first-order valence-corrected chi connectivity index (χ1v) is 10.3. The SMILES string of the molecule is CN=C(NCCCn1c(C)nc2ccccc21)NCc1ccc(-n2ccnc2)c(F)c1. The van der Waals surface area contributed by atoms with Crippen molar-refractivity contribution in [3.8, 4) is 5.69 Å². The lowest BCUT2D eigenvalue weighted by molar-refractivity contribution is 0.613. The van der Waals surface area contributed by atoms with Crippen LogP contribution in [-0.4, -0.2) is 38.7 Å². The zero-order valence-corrected chi connectivity index (χ0v) is 17.7. The number of aryl methyl sites for hydroxylation is 2. The van der Waals surface area contributed by atoms with Gasteiger partial charge in [-0.3, -0.25) is 4.99 Å². The molecule has 0 unspecified atom stereocenters. The van der Waals surface area contributed by atoms with E-state index in [1.807, 2.05) is 31.2 Å². The normalized spacial score (nSPS) is 11.8. The fourth-order valence-electron chi connectivity index (χ4n) is 3.60. The summed E-state index contributed by atoms with van der Waals surface area (Å²) in [6.07, 6.45) is 5.85. The molecule has 0 bridgehead atoms. The molecule has 0 fully saturated rings. The molecule has 4 rings (SSSR count). The average Bonchev–Trinajstić information content (AvgIpc) is 3.41. The Morgan fingerprint density at radius 2 is 2.03 bits per heavy atom. The highest BCUT2D eigenvalue weighted by Gasteiger charge is 2.08. The van der Waals surface area contributed by atoms with Crippen molar-refractivity contribution >= 4 is 17.0 Å². The molecule has 7 nitrogen and oxygen atoms in total. The summed E-state index contributed by atoms with van der Waals surface area (Å²) in [5, 5.41) is 6.55. The fourth-order valence-corrected chi connectivity index (χ4v) is 3.60. The van der Waals surface area contributed by atoms with Gasteiger partial charge in [-0.05, 0) is 43.2 Å². The average molecular weight is 420 g/mol. The quantitative estimate of drug-likeness (QED) is 0.274. The van der Waals surface area contributed by atoms with Crippen LogP contribution < -0.4 is 10.6 Å². The van der Waals surface area contributed by atoms with Crippen molar-refractivity contribution in [1.82, 2.24) is 29.7 Å². The third-order valence-electron chi connectivity index (χ3n) is 5.17.